The first-order chi connectivity index (χ1) is 13.8. The number of fused-ring (bicyclic) bond motifs is 1. The van der Waals surface area contributed by atoms with Crippen LogP contribution in [0.3, 0.4) is 0 Å². The van der Waals surface area contributed by atoms with Gasteiger partial charge in [0.05, 0.1) is 15.8 Å². The van der Waals surface area contributed by atoms with Gasteiger partial charge in [0.25, 0.3) is 0 Å². The van der Waals surface area contributed by atoms with Crippen molar-refractivity contribution in [3.05, 3.63) is 58.7 Å². The fourth-order valence-corrected chi connectivity index (χ4v) is 4.91. The van der Waals surface area contributed by atoms with Crippen molar-refractivity contribution in [2.75, 3.05) is 31.1 Å². The number of aromatic nitrogens is 1. The average molecular weight is 440 g/mol. The first kappa shape index (κ1) is 20.4. The van der Waals surface area contributed by atoms with Crippen LogP contribution in [0.25, 0.3) is 10.2 Å². The monoisotopic (exact) mass is 439 g/mol. The molecule has 0 unspecified atom stereocenters. The number of benzene rings is 2. The molecular weight excluding hydrogens is 419 g/mol. The van der Waals surface area contributed by atoms with Crippen LogP contribution in [-0.4, -0.2) is 36.1 Å². The van der Waals surface area contributed by atoms with Crippen molar-refractivity contribution in [3.8, 4) is 0 Å². The summed E-state index contributed by atoms with van der Waals surface area (Å²) in [6.07, 6.45) is -4.33. The molecule has 0 bridgehead atoms. The molecule has 2 heterocycles. The molecule has 154 valence electrons. The number of nitrogens with zero attached hydrogens (tertiary/aromatic N) is 3. The maximum Gasteiger partial charge on any atom is 0.416 e. The number of thiazole rings is 1. The second-order valence-corrected chi connectivity index (χ2v) is 8.68. The summed E-state index contributed by atoms with van der Waals surface area (Å²) in [5.74, 6) is 0.510. The lowest BCUT2D eigenvalue weighted by molar-refractivity contribution is -0.137. The highest BCUT2D eigenvalue weighted by Gasteiger charge is 2.31. The minimum absolute atomic E-state index is 0.510. The second kappa shape index (κ2) is 8.13. The van der Waals surface area contributed by atoms with E-state index in [0.717, 1.165) is 49.5 Å². The zero-order valence-corrected chi connectivity index (χ0v) is 17.5. The number of halogens is 4. The summed E-state index contributed by atoms with van der Waals surface area (Å²) in [6, 6.07) is 10.2. The van der Waals surface area contributed by atoms with E-state index in [2.05, 4.69) is 39.9 Å². The van der Waals surface area contributed by atoms with Gasteiger partial charge in [0.15, 0.2) is 5.13 Å². The number of alkyl halides is 4. The second-order valence-electron chi connectivity index (χ2n) is 7.40. The largest absolute Gasteiger partial charge is 0.416 e. The van der Waals surface area contributed by atoms with E-state index >= 15 is 0 Å². The predicted octanol–water partition coefficient (Wildman–Crippen LogP) is 5.68. The van der Waals surface area contributed by atoms with Gasteiger partial charge in [-0.1, -0.05) is 35.1 Å². The molecule has 0 spiro atoms. The van der Waals surface area contributed by atoms with Crippen LogP contribution in [0, 0.1) is 6.92 Å². The summed E-state index contributed by atoms with van der Waals surface area (Å²) in [5, 5.41) is 0.791. The van der Waals surface area contributed by atoms with Gasteiger partial charge in [-0.3, -0.25) is 4.90 Å². The Balaban J connectivity index is 1.42. The molecule has 0 amide bonds. The number of aryl methyl sites for hydroxylation is 1. The van der Waals surface area contributed by atoms with Crippen LogP contribution < -0.4 is 4.90 Å². The van der Waals surface area contributed by atoms with Crippen LogP contribution in [0.2, 0.25) is 0 Å². The Morgan fingerprint density at radius 2 is 1.76 bits per heavy atom. The van der Waals surface area contributed by atoms with Crippen LogP contribution in [0.1, 0.15) is 22.3 Å². The van der Waals surface area contributed by atoms with Crippen molar-refractivity contribution in [2.24, 2.45) is 0 Å². The zero-order chi connectivity index (χ0) is 20.6. The summed E-state index contributed by atoms with van der Waals surface area (Å²) in [5.41, 5.74) is 3.60. The fraction of sp³-hybridized carbons (Fsp3) is 0.381. The Morgan fingerprint density at radius 1 is 1.03 bits per heavy atom. The van der Waals surface area contributed by atoms with Crippen LogP contribution in [0.5, 0.6) is 0 Å². The molecule has 2 aromatic carbocycles. The summed E-state index contributed by atoms with van der Waals surface area (Å²) in [7, 11) is 0. The van der Waals surface area contributed by atoms with E-state index in [1.165, 1.54) is 34.6 Å². The fourth-order valence-electron chi connectivity index (χ4n) is 3.70. The van der Waals surface area contributed by atoms with Gasteiger partial charge in [-0.15, -0.1) is 11.6 Å². The molecule has 29 heavy (non-hydrogen) atoms. The highest BCUT2D eigenvalue weighted by Crippen LogP contribution is 2.35. The van der Waals surface area contributed by atoms with Gasteiger partial charge in [-0.2, -0.15) is 13.2 Å². The minimum Gasteiger partial charge on any atom is -0.345 e. The maximum atomic E-state index is 12.9. The molecule has 0 N–H and O–H groups in total. The lowest BCUT2D eigenvalue weighted by Gasteiger charge is -2.34. The summed E-state index contributed by atoms with van der Waals surface area (Å²) in [6.45, 7) is 6.32. The van der Waals surface area contributed by atoms with Crippen LogP contribution in [-0.2, 0) is 18.6 Å². The third kappa shape index (κ3) is 4.68. The van der Waals surface area contributed by atoms with E-state index in [0.29, 0.717) is 16.1 Å². The van der Waals surface area contributed by atoms with E-state index in [-0.39, 0.29) is 0 Å². The number of hydrogen-bond acceptors (Lipinski definition) is 4. The lowest BCUT2D eigenvalue weighted by Crippen LogP contribution is -2.45. The smallest absolute Gasteiger partial charge is 0.345 e. The van der Waals surface area contributed by atoms with Gasteiger partial charge in [-0.05, 0) is 36.2 Å². The molecule has 0 radical (unpaired) electrons. The third-order valence-electron chi connectivity index (χ3n) is 5.10. The highest BCUT2D eigenvalue weighted by molar-refractivity contribution is 7.22. The summed E-state index contributed by atoms with van der Waals surface area (Å²) >= 11 is 7.31. The zero-order valence-electron chi connectivity index (χ0n) is 16.0. The van der Waals surface area contributed by atoms with Crippen LogP contribution in [0.4, 0.5) is 18.3 Å². The Kier molecular flexibility index (Phi) is 5.73. The predicted molar refractivity (Wildman–Crippen MR) is 113 cm³/mol. The lowest BCUT2D eigenvalue weighted by atomic mass is 10.1. The van der Waals surface area contributed by atoms with Crippen molar-refractivity contribution in [3.63, 3.8) is 0 Å². The van der Waals surface area contributed by atoms with E-state index < -0.39 is 11.7 Å². The van der Waals surface area contributed by atoms with E-state index in [1.807, 2.05) is 0 Å². The van der Waals surface area contributed by atoms with Crippen molar-refractivity contribution >= 4 is 38.3 Å². The minimum atomic E-state index is -4.33. The molecule has 1 aliphatic rings. The topological polar surface area (TPSA) is 19.4 Å². The van der Waals surface area contributed by atoms with Gasteiger partial charge in [0.1, 0.15) is 0 Å². The summed E-state index contributed by atoms with van der Waals surface area (Å²) in [4.78, 5) is 9.10. The maximum absolute atomic E-state index is 12.9. The Labute approximate surface area is 176 Å². The average Bonchev–Trinajstić information content (AvgIpc) is 3.10. The highest BCUT2D eigenvalue weighted by atomic mass is 35.5. The van der Waals surface area contributed by atoms with E-state index in [1.54, 1.807) is 0 Å². The normalized spacial score (nSPS) is 16.0. The molecule has 3 aromatic rings. The number of anilines is 1. The standard InChI is InChI=1S/C21H21ClF3N3S/c1-14-8-15(12-22)10-16(9-14)13-27-4-6-28(7-5-27)20-26-18-3-2-17(21(23,24)25)11-19(18)29-20/h2-3,8-11H,4-7,12-13H2,1H3. The quantitative estimate of drug-likeness (QED) is 0.487. The molecule has 1 fully saturated rings. The van der Waals surface area contributed by atoms with Crippen molar-refractivity contribution in [2.45, 2.75) is 25.5 Å². The molecule has 0 aliphatic carbocycles. The van der Waals surface area contributed by atoms with Gasteiger partial charge in [0, 0.05) is 38.6 Å². The number of hydrogen-bond donors (Lipinski definition) is 0. The molecule has 1 aromatic heterocycles. The SMILES string of the molecule is Cc1cc(CCl)cc(CN2CCN(c3nc4ccc(C(F)(F)F)cc4s3)CC2)c1. The molecule has 0 atom stereocenters. The first-order valence-electron chi connectivity index (χ1n) is 9.42. The van der Waals surface area contributed by atoms with E-state index in [9.17, 15) is 13.2 Å². The Hall–Kier alpha value is -1.83. The number of rotatable bonds is 4. The Morgan fingerprint density at radius 3 is 2.45 bits per heavy atom. The van der Waals surface area contributed by atoms with Crippen LogP contribution in [0.15, 0.2) is 36.4 Å². The van der Waals surface area contributed by atoms with Crippen LogP contribution >= 0.6 is 22.9 Å². The van der Waals surface area contributed by atoms with Gasteiger partial charge < -0.3 is 4.90 Å². The van der Waals surface area contributed by atoms with E-state index in [4.69, 9.17) is 11.6 Å². The molecule has 1 aliphatic heterocycles. The van der Waals surface area contributed by atoms with Crippen molar-refractivity contribution in [1.82, 2.24) is 9.88 Å². The third-order valence-corrected chi connectivity index (χ3v) is 6.49. The van der Waals surface area contributed by atoms with Gasteiger partial charge in [0.2, 0.25) is 0 Å². The molecular formula is C21H21ClF3N3S. The molecule has 3 nitrogen and oxygen atoms in total. The van der Waals surface area contributed by atoms with Gasteiger partial charge in [-0.25, -0.2) is 4.98 Å². The van der Waals surface area contributed by atoms with Crippen molar-refractivity contribution < 1.29 is 13.2 Å². The molecule has 4 rings (SSSR count). The molecule has 0 saturated carbocycles. The molecule has 1 saturated heterocycles. The van der Waals surface area contributed by atoms with Crippen molar-refractivity contribution in [1.29, 1.82) is 0 Å². The first-order valence-corrected chi connectivity index (χ1v) is 10.8. The Bertz CT molecular complexity index is 1010. The van der Waals surface area contributed by atoms with Gasteiger partial charge >= 0.3 is 6.18 Å². The number of piperazine rings is 1. The molecule has 8 heteroatoms. The summed E-state index contributed by atoms with van der Waals surface area (Å²) < 4.78 is 39.4.